The number of hydrogen-bond donors (Lipinski definition) is 1. The smallest absolute Gasteiger partial charge is 0.276 e. The Morgan fingerprint density at radius 2 is 1.90 bits per heavy atom. The molecule has 1 fully saturated rings. The van der Waals surface area contributed by atoms with E-state index in [9.17, 15) is 4.79 Å². The first-order valence-electron chi connectivity index (χ1n) is 6.27. The van der Waals surface area contributed by atoms with Gasteiger partial charge in [0.1, 0.15) is 17.2 Å². The van der Waals surface area contributed by atoms with Gasteiger partial charge in [0.25, 0.3) is 5.91 Å². The number of rotatable bonds is 5. The highest BCUT2D eigenvalue weighted by molar-refractivity contribution is 7.80. The van der Waals surface area contributed by atoms with Crippen molar-refractivity contribution < 1.29 is 14.3 Å². The highest BCUT2D eigenvalue weighted by Gasteiger charge is 2.29. The number of carbonyl (C=O) groups excluding carboxylic acids is 1. The molecule has 2 rings (SSSR count). The Morgan fingerprint density at radius 1 is 1.29 bits per heavy atom. The number of thiocarbonyl (C=S) groups is 1. The van der Waals surface area contributed by atoms with Gasteiger partial charge in [-0.25, -0.2) is 0 Å². The number of amides is 1. The molecule has 1 saturated heterocycles. The van der Waals surface area contributed by atoms with E-state index >= 15 is 0 Å². The molecule has 0 aliphatic carbocycles. The largest absolute Gasteiger partial charge is 0.497 e. The lowest BCUT2D eigenvalue weighted by Crippen LogP contribution is -2.30. The molecule has 0 atom stereocenters. The van der Waals surface area contributed by atoms with E-state index in [-0.39, 0.29) is 5.91 Å². The molecule has 6 heteroatoms. The number of carbonyl (C=O) groups is 1. The van der Waals surface area contributed by atoms with Crippen LogP contribution < -0.4 is 14.8 Å². The number of hydrogen-bond acceptors (Lipinski definition) is 4. The zero-order valence-electron chi connectivity index (χ0n) is 11.9. The lowest BCUT2D eigenvalue weighted by molar-refractivity contribution is -0.122. The molecule has 0 radical (unpaired) electrons. The van der Waals surface area contributed by atoms with E-state index < -0.39 is 0 Å². The average Bonchev–Trinajstić information content (AvgIpc) is 2.74. The van der Waals surface area contributed by atoms with Crippen molar-refractivity contribution in [1.29, 1.82) is 0 Å². The molecule has 1 heterocycles. The van der Waals surface area contributed by atoms with Crippen molar-refractivity contribution in [2.24, 2.45) is 0 Å². The van der Waals surface area contributed by atoms with Crippen molar-refractivity contribution in [2.45, 2.75) is 0 Å². The Hall–Kier alpha value is -2.34. The SMILES string of the molecule is C=CCN1C(=O)C(=Cc2cc(OC)cc(OC)c2)NC1=S. The van der Waals surface area contributed by atoms with Crippen LogP contribution in [0.3, 0.4) is 0 Å². The van der Waals surface area contributed by atoms with Crippen LogP contribution in [0.1, 0.15) is 5.56 Å². The minimum atomic E-state index is -0.179. The maximum atomic E-state index is 12.2. The van der Waals surface area contributed by atoms with E-state index in [0.29, 0.717) is 28.9 Å². The Balaban J connectivity index is 2.34. The molecule has 0 aromatic heterocycles. The Labute approximate surface area is 128 Å². The minimum absolute atomic E-state index is 0.179. The van der Waals surface area contributed by atoms with Crippen LogP contribution in [-0.4, -0.2) is 36.7 Å². The zero-order valence-corrected chi connectivity index (χ0v) is 12.7. The van der Waals surface area contributed by atoms with Gasteiger partial charge < -0.3 is 14.8 Å². The molecule has 1 aliphatic heterocycles. The van der Waals surface area contributed by atoms with Gasteiger partial charge in [-0.15, -0.1) is 6.58 Å². The maximum Gasteiger partial charge on any atom is 0.276 e. The van der Waals surface area contributed by atoms with Crippen molar-refractivity contribution in [2.75, 3.05) is 20.8 Å². The van der Waals surface area contributed by atoms with Crippen LogP contribution in [0.5, 0.6) is 11.5 Å². The molecule has 5 nitrogen and oxygen atoms in total. The molecule has 1 aliphatic rings. The standard InChI is InChI=1S/C15H16N2O3S/c1-4-5-17-14(18)13(16-15(17)21)8-10-6-11(19-2)9-12(7-10)20-3/h4,6-9H,1,5H2,2-3H3,(H,16,21). The fourth-order valence-electron chi connectivity index (χ4n) is 1.95. The van der Waals surface area contributed by atoms with Gasteiger partial charge in [-0.1, -0.05) is 6.08 Å². The predicted molar refractivity (Wildman–Crippen MR) is 85.2 cm³/mol. The molecular weight excluding hydrogens is 288 g/mol. The van der Waals surface area contributed by atoms with Crippen molar-refractivity contribution in [1.82, 2.24) is 10.2 Å². The highest BCUT2D eigenvalue weighted by atomic mass is 32.1. The molecule has 1 aromatic carbocycles. The summed E-state index contributed by atoms with van der Waals surface area (Å²) in [5.41, 5.74) is 1.20. The van der Waals surface area contributed by atoms with Crippen molar-refractivity contribution in [3.63, 3.8) is 0 Å². The summed E-state index contributed by atoms with van der Waals surface area (Å²) in [6, 6.07) is 5.38. The maximum absolute atomic E-state index is 12.2. The van der Waals surface area contributed by atoms with Crippen LogP contribution in [0.25, 0.3) is 6.08 Å². The third-order valence-corrected chi connectivity index (χ3v) is 3.28. The first-order valence-corrected chi connectivity index (χ1v) is 6.68. The monoisotopic (exact) mass is 304 g/mol. The molecule has 0 unspecified atom stereocenters. The Kier molecular flexibility index (Phi) is 4.59. The second-order valence-electron chi connectivity index (χ2n) is 4.34. The van der Waals surface area contributed by atoms with Gasteiger partial charge in [0.05, 0.1) is 14.2 Å². The van der Waals surface area contributed by atoms with Crippen molar-refractivity contribution in [3.8, 4) is 11.5 Å². The highest BCUT2D eigenvalue weighted by Crippen LogP contribution is 2.24. The summed E-state index contributed by atoms with van der Waals surface area (Å²) in [6.07, 6.45) is 3.34. The van der Waals surface area contributed by atoms with Gasteiger partial charge in [-0.2, -0.15) is 0 Å². The van der Waals surface area contributed by atoms with Crippen LogP contribution in [0.15, 0.2) is 36.6 Å². The molecule has 1 N–H and O–H groups in total. The molecule has 0 saturated carbocycles. The van der Waals surface area contributed by atoms with Crippen LogP contribution in [0.4, 0.5) is 0 Å². The third kappa shape index (κ3) is 3.22. The summed E-state index contributed by atoms with van der Waals surface area (Å²) in [7, 11) is 3.15. The quantitative estimate of drug-likeness (QED) is 0.512. The lowest BCUT2D eigenvalue weighted by Gasteiger charge is -2.09. The molecular formula is C15H16N2O3S. The number of nitrogens with one attached hydrogen (secondary N) is 1. The van der Waals surface area contributed by atoms with Crippen LogP contribution in [-0.2, 0) is 4.79 Å². The number of benzene rings is 1. The number of methoxy groups -OCH3 is 2. The molecule has 1 amide bonds. The van der Waals surface area contributed by atoms with Gasteiger partial charge in [-0.3, -0.25) is 9.69 Å². The van der Waals surface area contributed by atoms with Gasteiger partial charge in [0, 0.05) is 12.6 Å². The normalized spacial score (nSPS) is 16.1. The van der Waals surface area contributed by atoms with Crippen molar-refractivity contribution >= 4 is 29.3 Å². The fraction of sp³-hybridized carbons (Fsp3) is 0.200. The Morgan fingerprint density at radius 3 is 2.43 bits per heavy atom. The van der Waals surface area contributed by atoms with E-state index in [1.165, 1.54) is 4.90 Å². The lowest BCUT2D eigenvalue weighted by atomic mass is 10.1. The predicted octanol–water partition coefficient (Wildman–Crippen LogP) is 1.95. The summed E-state index contributed by atoms with van der Waals surface area (Å²) < 4.78 is 10.4. The summed E-state index contributed by atoms with van der Waals surface area (Å²) in [5.74, 6) is 1.12. The van der Waals surface area contributed by atoms with Gasteiger partial charge in [-0.05, 0) is 36.0 Å². The number of nitrogens with zero attached hydrogens (tertiary/aromatic N) is 1. The van der Waals surface area contributed by atoms with E-state index in [1.807, 2.05) is 12.1 Å². The second-order valence-corrected chi connectivity index (χ2v) is 4.73. The van der Waals surface area contributed by atoms with Crippen LogP contribution >= 0.6 is 12.2 Å². The van der Waals surface area contributed by atoms with Gasteiger partial charge in [0.2, 0.25) is 0 Å². The minimum Gasteiger partial charge on any atom is -0.497 e. The molecule has 21 heavy (non-hydrogen) atoms. The summed E-state index contributed by atoms with van der Waals surface area (Å²) in [6.45, 7) is 3.99. The topological polar surface area (TPSA) is 50.8 Å². The molecule has 0 spiro atoms. The van der Waals surface area contributed by atoms with E-state index in [2.05, 4.69) is 11.9 Å². The third-order valence-electron chi connectivity index (χ3n) is 2.96. The summed E-state index contributed by atoms with van der Waals surface area (Å²) >= 11 is 5.13. The van der Waals surface area contributed by atoms with E-state index in [0.717, 1.165) is 5.56 Å². The molecule has 0 bridgehead atoms. The fourth-order valence-corrected chi connectivity index (χ4v) is 2.21. The first-order chi connectivity index (χ1) is 10.1. The molecule has 1 aromatic rings. The van der Waals surface area contributed by atoms with Gasteiger partial charge >= 0.3 is 0 Å². The first kappa shape index (κ1) is 15.1. The summed E-state index contributed by atoms with van der Waals surface area (Å²) in [4.78, 5) is 13.7. The average molecular weight is 304 g/mol. The number of ether oxygens (including phenoxy) is 2. The molecule has 110 valence electrons. The zero-order chi connectivity index (χ0) is 15.4. The summed E-state index contributed by atoms with van der Waals surface area (Å²) in [5, 5.41) is 3.28. The Bertz CT molecular complexity index is 603. The van der Waals surface area contributed by atoms with Gasteiger partial charge in [0.15, 0.2) is 5.11 Å². The van der Waals surface area contributed by atoms with E-state index in [1.54, 1.807) is 32.4 Å². The van der Waals surface area contributed by atoms with Crippen LogP contribution in [0, 0.1) is 0 Å². The van der Waals surface area contributed by atoms with E-state index in [4.69, 9.17) is 21.7 Å². The van der Waals surface area contributed by atoms with Crippen molar-refractivity contribution in [3.05, 3.63) is 42.1 Å². The second kappa shape index (κ2) is 6.41. The van der Waals surface area contributed by atoms with Crippen LogP contribution in [0.2, 0.25) is 0 Å².